The van der Waals surface area contributed by atoms with Crippen molar-refractivity contribution < 1.29 is 13.2 Å². The molecule has 0 aromatic heterocycles. The number of sulfonamides is 1. The smallest absolute Gasteiger partial charge is 0.261 e. The summed E-state index contributed by atoms with van der Waals surface area (Å²) in [6.45, 7) is 3.59. The van der Waals surface area contributed by atoms with Crippen LogP contribution in [0, 0.1) is 5.92 Å². The Kier molecular flexibility index (Phi) is 5.28. The van der Waals surface area contributed by atoms with Crippen molar-refractivity contribution in [3.8, 4) is 0 Å². The van der Waals surface area contributed by atoms with Gasteiger partial charge in [0.15, 0.2) is 0 Å². The lowest BCUT2D eigenvalue weighted by Crippen LogP contribution is -2.17. The number of carbonyl (C=O) groups excluding carboxylic acids is 1. The molecule has 5 nitrogen and oxygen atoms in total. The molecule has 2 aromatic rings. The Morgan fingerprint density at radius 1 is 1.04 bits per heavy atom. The minimum atomic E-state index is -3.71. The van der Waals surface area contributed by atoms with Gasteiger partial charge in [0.25, 0.3) is 10.0 Å². The molecule has 0 radical (unpaired) electrons. The van der Waals surface area contributed by atoms with Crippen LogP contribution >= 0.6 is 11.6 Å². The van der Waals surface area contributed by atoms with Crippen molar-refractivity contribution >= 4 is 38.9 Å². The van der Waals surface area contributed by atoms with E-state index in [0.29, 0.717) is 16.4 Å². The molecule has 0 bridgehead atoms. The van der Waals surface area contributed by atoms with Crippen molar-refractivity contribution in [3.63, 3.8) is 0 Å². The molecule has 0 aliphatic rings. The molecule has 0 aliphatic heterocycles. The van der Waals surface area contributed by atoms with E-state index >= 15 is 0 Å². The van der Waals surface area contributed by atoms with Crippen molar-refractivity contribution in [2.24, 2.45) is 5.92 Å². The summed E-state index contributed by atoms with van der Waals surface area (Å²) in [6.07, 6.45) is 0. The van der Waals surface area contributed by atoms with Crippen LogP contribution < -0.4 is 10.0 Å². The monoisotopic (exact) mass is 352 g/mol. The highest BCUT2D eigenvalue weighted by atomic mass is 35.5. The predicted molar refractivity (Wildman–Crippen MR) is 92.2 cm³/mol. The van der Waals surface area contributed by atoms with E-state index in [0.717, 1.165) is 0 Å². The third-order valence-electron chi connectivity index (χ3n) is 3.04. The number of amides is 1. The van der Waals surface area contributed by atoms with E-state index in [-0.39, 0.29) is 16.7 Å². The number of hydrogen-bond acceptors (Lipinski definition) is 3. The highest BCUT2D eigenvalue weighted by Crippen LogP contribution is 2.20. The average molecular weight is 353 g/mol. The summed E-state index contributed by atoms with van der Waals surface area (Å²) >= 11 is 5.82. The molecular formula is C16H17ClN2O3S. The highest BCUT2D eigenvalue weighted by molar-refractivity contribution is 7.92. The molecule has 0 aliphatic carbocycles. The molecular weight excluding hydrogens is 336 g/mol. The molecule has 0 fully saturated rings. The lowest BCUT2D eigenvalue weighted by Gasteiger charge is -2.10. The summed E-state index contributed by atoms with van der Waals surface area (Å²) in [6, 6.07) is 12.4. The average Bonchev–Trinajstić information content (AvgIpc) is 2.49. The van der Waals surface area contributed by atoms with Crippen LogP contribution in [0.4, 0.5) is 11.4 Å². The molecule has 7 heteroatoms. The van der Waals surface area contributed by atoms with Crippen LogP contribution in [0.1, 0.15) is 13.8 Å². The number of anilines is 2. The number of halogens is 1. The van der Waals surface area contributed by atoms with E-state index in [2.05, 4.69) is 10.0 Å². The summed E-state index contributed by atoms with van der Waals surface area (Å²) in [5.41, 5.74) is 1.00. The molecule has 1 amide bonds. The second-order valence-corrected chi connectivity index (χ2v) is 7.40. The third-order valence-corrected chi connectivity index (χ3v) is 4.65. The fraction of sp³-hybridized carbons (Fsp3) is 0.188. The van der Waals surface area contributed by atoms with Gasteiger partial charge in [-0.3, -0.25) is 9.52 Å². The van der Waals surface area contributed by atoms with Gasteiger partial charge in [-0.2, -0.15) is 0 Å². The van der Waals surface area contributed by atoms with Crippen LogP contribution in [0.15, 0.2) is 53.4 Å². The van der Waals surface area contributed by atoms with E-state index in [1.807, 2.05) is 0 Å². The third kappa shape index (κ3) is 4.71. The van der Waals surface area contributed by atoms with Gasteiger partial charge in [-0.05, 0) is 42.5 Å². The van der Waals surface area contributed by atoms with Crippen LogP contribution in [0.3, 0.4) is 0 Å². The Bertz CT molecular complexity index is 802. The van der Waals surface area contributed by atoms with E-state index in [4.69, 9.17) is 11.6 Å². The first-order valence-electron chi connectivity index (χ1n) is 6.97. The Labute approximate surface area is 140 Å². The summed E-state index contributed by atoms with van der Waals surface area (Å²) in [5.74, 6) is -0.228. The number of benzene rings is 2. The van der Waals surface area contributed by atoms with Crippen molar-refractivity contribution in [3.05, 3.63) is 53.6 Å². The largest absolute Gasteiger partial charge is 0.326 e. The standard InChI is InChI=1S/C16H17ClN2O3S/c1-11(2)16(20)18-13-6-8-14(9-7-13)19-23(21,22)15-5-3-4-12(17)10-15/h3-11,19H,1-2H3,(H,18,20). The van der Waals surface area contributed by atoms with Crippen LogP contribution in [-0.2, 0) is 14.8 Å². The van der Waals surface area contributed by atoms with E-state index in [9.17, 15) is 13.2 Å². The first kappa shape index (κ1) is 17.3. The van der Waals surface area contributed by atoms with Gasteiger partial charge < -0.3 is 5.32 Å². The van der Waals surface area contributed by atoms with Crippen LogP contribution in [0.5, 0.6) is 0 Å². The zero-order chi connectivity index (χ0) is 17.0. The molecule has 2 aromatic carbocycles. The predicted octanol–water partition coefficient (Wildman–Crippen LogP) is 3.74. The van der Waals surface area contributed by atoms with Gasteiger partial charge in [0, 0.05) is 22.3 Å². The zero-order valence-electron chi connectivity index (χ0n) is 12.7. The maximum Gasteiger partial charge on any atom is 0.261 e. The SMILES string of the molecule is CC(C)C(=O)Nc1ccc(NS(=O)(=O)c2cccc(Cl)c2)cc1. The molecule has 23 heavy (non-hydrogen) atoms. The lowest BCUT2D eigenvalue weighted by molar-refractivity contribution is -0.118. The van der Waals surface area contributed by atoms with Crippen molar-refractivity contribution in [2.75, 3.05) is 10.0 Å². The quantitative estimate of drug-likeness (QED) is 0.860. The first-order chi connectivity index (χ1) is 10.8. The van der Waals surface area contributed by atoms with E-state index in [1.165, 1.54) is 12.1 Å². The van der Waals surface area contributed by atoms with Gasteiger partial charge in [0.1, 0.15) is 0 Å². The maximum atomic E-state index is 12.3. The zero-order valence-corrected chi connectivity index (χ0v) is 14.3. The fourth-order valence-electron chi connectivity index (χ4n) is 1.76. The molecule has 0 spiro atoms. The summed E-state index contributed by atoms with van der Waals surface area (Å²) in [5, 5.41) is 3.08. The minimum Gasteiger partial charge on any atom is -0.326 e. The number of carbonyl (C=O) groups is 1. The van der Waals surface area contributed by atoms with Crippen molar-refractivity contribution in [2.45, 2.75) is 18.7 Å². The van der Waals surface area contributed by atoms with E-state index in [1.54, 1.807) is 50.2 Å². The van der Waals surface area contributed by atoms with Gasteiger partial charge in [0.2, 0.25) is 5.91 Å². The summed E-state index contributed by atoms with van der Waals surface area (Å²) in [4.78, 5) is 11.7. The molecule has 122 valence electrons. The molecule has 0 heterocycles. The van der Waals surface area contributed by atoms with Crippen LogP contribution in [-0.4, -0.2) is 14.3 Å². The Hall–Kier alpha value is -2.05. The highest BCUT2D eigenvalue weighted by Gasteiger charge is 2.14. The summed E-state index contributed by atoms with van der Waals surface area (Å²) in [7, 11) is -3.71. The minimum absolute atomic E-state index is 0.0854. The molecule has 2 rings (SSSR count). The molecule has 0 unspecified atom stereocenters. The maximum absolute atomic E-state index is 12.3. The number of nitrogens with one attached hydrogen (secondary N) is 2. The fourth-order valence-corrected chi connectivity index (χ4v) is 3.12. The van der Waals surface area contributed by atoms with Crippen LogP contribution in [0.2, 0.25) is 5.02 Å². The second kappa shape index (κ2) is 7.02. The summed E-state index contributed by atoms with van der Waals surface area (Å²) < 4.78 is 27.0. The van der Waals surface area contributed by atoms with E-state index < -0.39 is 10.0 Å². The topological polar surface area (TPSA) is 75.3 Å². The molecule has 0 atom stereocenters. The molecule has 2 N–H and O–H groups in total. The Morgan fingerprint density at radius 2 is 1.65 bits per heavy atom. The molecule has 0 saturated heterocycles. The van der Waals surface area contributed by atoms with Gasteiger partial charge in [0.05, 0.1) is 4.90 Å². The second-order valence-electron chi connectivity index (χ2n) is 5.28. The van der Waals surface area contributed by atoms with Crippen molar-refractivity contribution in [1.82, 2.24) is 0 Å². The number of rotatable bonds is 5. The number of hydrogen-bond donors (Lipinski definition) is 2. The Balaban J connectivity index is 2.13. The van der Waals surface area contributed by atoms with Crippen molar-refractivity contribution in [1.29, 1.82) is 0 Å². The van der Waals surface area contributed by atoms with Gasteiger partial charge in [-0.1, -0.05) is 31.5 Å². The lowest BCUT2D eigenvalue weighted by atomic mass is 10.2. The molecule has 0 saturated carbocycles. The normalized spacial score (nSPS) is 11.3. The Morgan fingerprint density at radius 3 is 2.22 bits per heavy atom. The van der Waals surface area contributed by atoms with Gasteiger partial charge >= 0.3 is 0 Å². The first-order valence-corrected chi connectivity index (χ1v) is 8.83. The van der Waals surface area contributed by atoms with Gasteiger partial charge in [-0.15, -0.1) is 0 Å². The van der Waals surface area contributed by atoms with Gasteiger partial charge in [-0.25, -0.2) is 8.42 Å². The van der Waals surface area contributed by atoms with Crippen LogP contribution in [0.25, 0.3) is 0 Å².